The molecule has 2 heterocycles. The molecule has 1 aromatic carbocycles. The molecular formula is C24H31N3O4S2. The van der Waals surface area contributed by atoms with Gasteiger partial charge in [-0.05, 0) is 42.9 Å². The molecule has 0 radical (unpaired) electrons. The molecule has 1 N–H and O–H groups in total. The van der Waals surface area contributed by atoms with Gasteiger partial charge in [0.15, 0.2) is 0 Å². The van der Waals surface area contributed by atoms with Gasteiger partial charge in [0.1, 0.15) is 10.8 Å². The maximum absolute atomic E-state index is 12.7. The van der Waals surface area contributed by atoms with Crippen LogP contribution in [0.15, 0.2) is 42.7 Å². The first-order valence-electron chi connectivity index (χ1n) is 11.1. The van der Waals surface area contributed by atoms with Gasteiger partial charge in [-0.2, -0.15) is 4.31 Å². The third-order valence-electron chi connectivity index (χ3n) is 5.14. The second kappa shape index (κ2) is 11.6. The fourth-order valence-electron chi connectivity index (χ4n) is 3.43. The van der Waals surface area contributed by atoms with E-state index in [1.165, 1.54) is 11.3 Å². The van der Waals surface area contributed by atoms with Crippen LogP contribution in [-0.4, -0.2) is 31.0 Å². The summed E-state index contributed by atoms with van der Waals surface area (Å²) in [5.41, 5.74) is 2.73. The number of aromatic nitrogens is 2. The zero-order valence-corrected chi connectivity index (χ0v) is 21.1. The van der Waals surface area contributed by atoms with Crippen molar-refractivity contribution < 1.29 is 18.3 Å². The predicted octanol–water partition coefficient (Wildman–Crippen LogP) is 6.05. The summed E-state index contributed by atoms with van der Waals surface area (Å²) in [5.74, 6) is 1.36. The first kappa shape index (κ1) is 25.1. The molecule has 0 aliphatic carbocycles. The Kier molecular flexibility index (Phi) is 8.82. The van der Waals surface area contributed by atoms with E-state index in [9.17, 15) is 13.6 Å². The molecule has 7 nitrogen and oxygen atoms in total. The zero-order chi connectivity index (χ0) is 24.0. The molecule has 3 aromatic rings. The number of nitrogens with zero attached hydrogens (tertiary/aromatic N) is 3. The van der Waals surface area contributed by atoms with Crippen LogP contribution >= 0.6 is 11.3 Å². The smallest absolute Gasteiger partial charge is 0.429 e. The first-order chi connectivity index (χ1) is 15.8. The van der Waals surface area contributed by atoms with E-state index in [4.69, 9.17) is 4.74 Å². The highest BCUT2D eigenvalue weighted by molar-refractivity contribution is 7.82. The number of hydrogen-bond donors (Lipinski definition) is 1. The molecule has 0 aliphatic rings. The van der Waals surface area contributed by atoms with E-state index < -0.39 is 17.4 Å². The van der Waals surface area contributed by atoms with Crippen LogP contribution in [0.5, 0.6) is 0 Å². The van der Waals surface area contributed by atoms with Gasteiger partial charge in [-0.25, -0.2) is 14.0 Å². The lowest BCUT2D eigenvalue weighted by atomic mass is 10.0. The quantitative estimate of drug-likeness (QED) is 0.277. The van der Waals surface area contributed by atoms with Crippen LogP contribution in [0.4, 0.5) is 9.80 Å². The Morgan fingerprint density at radius 1 is 1.30 bits per heavy atom. The predicted molar refractivity (Wildman–Crippen MR) is 134 cm³/mol. The van der Waals surface area contributed by atoms with E-state index in [1.807, 2.05) is 50.4 Å². The Morgan fingerprint density at radius 2 is 2.03 bits per heavy atom. The number of carbonyl (C=O) groups is 1. The van der Waals surface area contributed by atoms with Gasteiger partial charge in [0.2, 0.25) is 0 Å². The highest BCUT2D eigenvalue weighted by Gasteiger charge is 2.28. The van der Waals surface area contributed by atoms with E-state index in [-0.39, 0.29) is 6.61 Å². The molecule has 0 aliphatic heterocycles. The highest BCUT2D eigenvalue weighted by Crippen LogP contribution is 2.41. The Bertz CT molecular complexity index is 1090. The van der Waals surface area contributed by atoms with Crippen LogP contribution in [0, 0.1) is 12.8 Å². The van der Waals surface area contributed by atoms with Gasteiger partial charge in [-0.1, -0.05) is 51.5 Å². The van der Waals surface area contributed by atoms with Crippen LogP contribution in [0.2, 0.25) is 0 Å². The van der Waals surface area contributed by atoms with Crippen LogP contribution < -0.4 is 4.31 Å². The number of unbranched alkanes of at least 4 members (excludes halogenated alkanes) is 1. The van der Waals surface area contributed by atoms with Gasteiger partial charge in [0, 0.05) is 29.4 Å². The number of rotatable bonds is 10. The average Bonchev–Trinajstić information content (AvgIpc) is 3.34. The van der Waals surface area contributed by atoms with Gasteiger partial charge in [-0.3, -0.25) is 4.55 Å². The van der Waals surface area contributed by atoms with Crippen molar-refractivity contribution in [3.05, 3.63) is 59.0 Å². The van der Waals surface area contributed by atoms with E-state index in [1.54, 1.807) is 6.20 Å². The van der Waals surface area contributed by atoms with Crippen molar-refractivity contribution in [2.24, 2.45) is 5.92 Å². The van der Waals surface area contributed by atoms with Gasteiger partial charge in [0.05, 0.1) is 6.61 Å². The molecule has 0 saturated heterocycles. The number of carbonyl (C=O) groups excluding carboxylic acids is 1. The second-order valence-electron chi connectivity index (χ2n) is 8.32. The molecule has 0 bridgehead atoms. The number of ether oxygens (including phenoxy) is 1. The summed E-state index contributed by atoms with van der Waals surface area (Å²) in [6.07, 6.45) is 5.29. The largest absolute Gasteiger partial charge is 0.448 e. The van der Waals surface area contributed by atoms with Gasteiger partial charge in [-0.15, -0.1) is 11.3 Å². The number of anilines is 1. The van der Waals surface area contributed by atoms with E-state index >= 15 is 0 Å². The van der Waals surface area contributed by atoms with Gasteiger partial charge >= 0.3 is 6.09 Å². The molecule has 1 unspecified atom stereocenters. The molecule has 1 amide bonds. The fraction of sp³-hybridized carbons (Fsp3) is 0.417. The lowest BCUT2D eigenvalue weighted by Crippen LogP contribution is -2.33. The van der Waals surface area contributed by atoms with Crippen LogP contribution in [0.25, 0.3) is 11.1 Å². The van der Waals surface area contributed by atoms with Gasteiger partial charge in [0.25, 0.3) is 11.3 Å². The molecule has 9 heteroatoms. The van der Waals surface area contributed by atoms with Crippen molar-refractivity contribution in [2.75, 3.05) is 10.9 Å². The Balaban J connectivity index is 1.94. The number of aryl methyl sites for hydroxylation is 1. The van der Waals surface area contributed by atoms with E-state index in [0.29, 0.717) is 23.9 Å². The summed E-state index contributed by atoms with van der Waals surface area (Å²) in [7, 11) is 0. The minimum absolute atomic E-state index is 0.213. The Morgan fingerprint density at radius 3 is 2.61 bits per heavy atom. The summed E-state index contributed by atoms with van der Waals surface area (Å²) >= 11 is -1.19. The maximum atomic E-state index is 12.7. The fourth-order valence-corrected chi connectivity index (χ4v) is 5.44. The molecule has 0 saturated carbocycles. The molecule has 33 heavy (non-hydrogen) atoms. The summed E-state index contributed by atoms with van der Waals surface area (Å²) < 4.78 is 30.3. The summed E-state index contributed by atoms with van der Waals surface area (Å²) in [6.45, 7) is 9.11. The van der Waals surface area contributed by atoms with Crippen molar-refractivity contribution in [1.29, 1.82) is 0 Å². The standard InChI is InChI=1S/C24H31N3O4S2/c1-5-6-13-31-24(28)27(33(29)30)23-22(15-21(32-23)14-17(2)3)20-9-7-19(8-10-20)16-26-12-11-25-18(26)4/h7-12,15,17H,5-6,13-14,16H2,1-4H3,(H,29,30). The lowest BCUT2D eigenvalue weighted by molar-refractivity contribution is 0.156. The molecule has 2 aromatic heterocycles. The Labute approximate surface area is 201 Å². The zero-order valence-electron chi connectivity index (χ0n) is 19.5. The number of imidazole rings is 1. The van der Waals surface area contributed by atoms with Crippen molar-refractivity contribution >= 4 is 33.7 Å². The molecule has 0 fully saturated rings. The van der Waals surface area contributed by atoms with Crippen LogP contribution in [-0.2, 0) is 29.0 Å². The minimum Gasteiger partial charge on any atom is -0.448 e. The SMILES string of the molecule is CCCCOC(=O)N(c1sc(CC(C)C)cc1-c1ccc(Cn2ccnc2C)cc1)S(=O)O. The summed E-state index contributed by atoms with van der Waals surface area (Å²) in [4.78, 5) is 18.0. The number of thiophene rings is 1. The summed E-state index contributed by atoms with van der Waals surface area (Å²) in [6, 6.07) is 10.0. The first-order valence-corrected chi connectivity index (χ1v) is 13.0. The molecule has 3 rings (SSSR count). The van der Waals surface area contributed by atoms with Crippen molar-refractivity contribution in [3.8, 4) is 11.1 Å². The van der Waals surface area contributed by atoms with Crippen LogP contribution in [0.3, 0.4) is 0 Å². The third-order valence-corrected chi connectivity index (χ3v) is 7.05. The number of hydrogen-bond acceptors (Lipinski definition) is 5. The van der Waals surface area contributed by atoms with Crippen LogP contribution in [0.1, 0.15) is 49.9 Å². The third kappa shape index (κ3) is 6.52. The van der Waals surface area contributed by atoms with Crippen molar-refractivity contribution in [1.82, 2.24) is 9.55 Å². The molecule has 178 valence electrons. The second-order valence-corrected chi connectivity index (χ2v) is 10.3. The molecule has 0 spiro atoms. The van der Waals surface area contributed by atoms with Gasteiger partial charge < -0.3 is 9.30 Å². The number of amides is 1. The number of benzene rings is 1. The molecule has 1 atom stereocenters. The van der Waals surface area contributed by atoms with E-state index in [0.717, 1.165) is 44.5 Å². The highest BCUT2D eigenvalue weighted by atomic mass is 32.2. The van der Waals surface area contributed by atoms with Crippen molar-refractivity contribution in [2.45, 2.75) is 53.5 Å². The van der Waals surface area contributed by atoms with E-state index in [2.05, 4.69) is 23.4 Å². The molecular weight excluding hydrogens is 458 g/mol. The monoisotopic (exact) mass is 489 g/mol. The minimum atomic E-state index is -2.54. The average molecular weight is 490 g/mol. The lowest BCUT2D eigenvalue weighted by Gasteiger charge is -2.18. The Hall–Kier alpha value is -2.49. The van der Waals surface area contributed by atoms with Crippen molar-refractivity contribution in [3.63, 3.8) is 0 Å². The normalized spacial score (nSPS) is 12.2. The topological polar surface area (TPSA) is 84.7 Å². The maximum Gasteiger partial charge on any atom is 0.429 e. The summed E-state index contributed by atoms with van der Waals surface area (Å²) in [5, 5.41) is 0.422.